The number of rotatable bonds is 4. The van der Waals surface area contributed by atoms with Crippen LogP contribution in [0.5, 0.6) is 0 Å². The Bertz CT molecular complexity index is 704. The molecular formula is C23H31N3O2. The molecule has 0 atom stereocenters. The molecule has 0 aromatic carbocycles. The van der Waals surface area contributed by atoms with Crippen LogP contribution in [0, 0.1) is 29.1 Å². The molecular weight excluding hydrogens is 350 g/mol. The fourth-order valence-corrected chi connectivity index (χ4v) is 6.88. The Kier molecular flexibility index (Phi) is 4.64. The molecule has 28 heavy (non-hydrogen) atoms. The summed E-state index contributed by atoms with van der Waals surface area (Å²) in [5.74, 6) is 3.31. The minimum absolute atomic E-state index is 0.0177. The maximum Gasteiger partial charge on any atom is 0.252 e. The lowest BCUT2D eigenvalue weighted by Crippen LogP contribution is -2.56. The fourth-order valence-electron chi connectivity index (χ4n) is 6.88. The van der Waals surface area contributed by atoms with Gasteiger partial charge < -0.3 is 10.2 Å². The van der Waals surface area contributed by atoms with E-state index in [2.05, 4.69) is 15.2 Å². The lowest BCUT2D eigenvalue weighted by Gasteiger charge is -2.57. The largest absolute Gasteiger partial charge is 0.352 e. The van der Waals surface area contributed by atoms with E-state index in [0.29, 0.717) is 23.9 Å². The average Bonchev–Trinajstić information content (AvgIpc) is 2.71. The Morgan fingerprint density at radius 1 is 1.07 bits per heavy atom. The second-order valence-electron chi connectivity index (χ2n) is 9.89. The minimum Gasteiger partial charge on any atom is -0.352 e. The molecule has 1 aliphatic heterocycles. The number of nitrogens with zero attached hydrogens (tertiary/aromatic N) is 2. The molecule has 2 amide bonds. The SMILES string of the molecule is O=C(NCC1CCN(C(=O)C23CC4CC(CC(C4)C2)C3)CC1)c1cccnc1. The third kappa shape index (κ3) is 3.33. The van der Waals surface area contributed by atoms with Crippen molar-refractivity contribution >= 4 is 11.8 Å². The number of amides is 2. The van der Waals surface area contributed by atoms with Crippen molar-refractivity contribution in [2.24, 2.45) is 29.1 Å². The van der Waals surface area contributed by atoms with Crippen LogP contribution in [0.15, 0.2) is 24.5 Å². The van der Waals surface area contributed by atoms with Crippen LogP contribution in [-0.2, 0) is 4.79 Å². The van der Waals surface area contributed by atoms with Crippen LogP contribution < -0.4 is 5.32 Å². The number of hydrogen-bond acceptors (Lipinski definition) is 3. The summed E-state index contributed by atoms with van der Waals surface area (Å²) in [6.45, 7) is 2.40. The molecule has 6 rings (SSSR count). The van der Waals surface area contributed by atoms with Crippen LogP contribution in [0.3, 0.4) is 0 Å². The zero-order valence-electron chi connectivity index (χ0n) is 16.6. The monoisotopic (exact) mass is 381 g/mol. The molecule has 5 nitrogen and oxygen atoms in total. The van der Waals surface area contributed by atoms with Crippen LogP contribution >= 0.6 is 0 Å². The van der Waals surface area contributed by atoms with Crippen LogP contribution in [0.1, 0.15) is 61.7 Å². The van der Waals surface area contributed by atoms with E-state index in [-0.39, 0.29) is 11.3 Å². The number of nitrogens with one attached hydrogen (secondary N) is 1. The van der Waals surface area contributed by atoms with Crippen LogP contribution in [0.4, 0.5) is 0 Å². The van der Waals surface area contributed by atoms with Crippen molar-refractivity contribution in [1.29, 1.82) is 0 Å². The summed E-state index contributed by atoms with van der Waals surface area (Å²) in [4.78, 5) is 31.8. The third-order valence-electron chi connectivity index (χ3n) is 7.87. The van der Waals surface area contributed by atoms with Gasteiger partial charge in [-0.25, -0.2) is 0 Å². The molecule has 5 fully saturated rings. The maximum atomic E-state index is 13.5. The molecule has 0 radical (unpaired) electrons. The quantitative estimate of drug-likeness (QED) is 0.871. The van der Waals surface area contributed by atoms with Gasteiger partial charge in [0.05, 0.1) is 11.0 Å². The van der Waals surface area contributed by atoms with E-state index in [1.165, 1.54) is 19.3 Å². The number of hydrogen-bond donors (Lipinski definition) is 1. The van der Waals surface area contributed by atoms with Gasteiger partial charge in [-0.3, -0.25) is 14.6 Å². The van der Waals surface area contributed by atoms with Gasteiger partial charge in [-0.2, -0.15) is 0 Å². The Morgan fingerprint density at radius 3 is 2.29 bits per heavy atom. The smallest absolute Gasteiger partial charge is 0.252 e. The fraction of sp³-hybridized carbons (Fsp3) is 0.696. The highest BCUT2D eigenvalue weighted by Crippen LogP contribution is 2.60. The molecule has 1 saturated heterocycles. The second-order valence-corrected chi connectivity index (χ2v) is 9.89. The Hall–Kier alpha value is -1.91. The van der Waals surface area contributed by atoms with Crippen molar-refractivity contribution in [2.45, 2.75) is 51.4 Å². The topological polar surface area (TPSA) is 62.3 Å². The highest BCUT2D eigenvalue weighted by molar-refractivity contribution is 5.93. The van der Waals surface area contributed by atoms with Crippen molar-refractivity contribution < 1.29 is 9.59 Å². The van der Waals surface area contributed by atoms with Gasteiger partial charge in [-0.15, -0.1) is 0 Å². The second kappa shape index (κ2) is 7.16. The summed E-state index contributed by atoms with van der Waals surface area (Å²) < 4.78 is 0. The van der Waals surface area contributed by atoms with Crippen LogP contribution in [-0.4, -0.2) is 41.3 Å². The van der Waals surface area contributed by atoms with E-state index in [1.807, 2.05) is 0 Å². The molecule has 1 aromatic heterocycles. The summed E-state index contributed by atoms with van der Waals surface area (Å²) in [5.41, 5.74) is 0.591. The Morgan fingerprint density at radius 2 is 1.71 bits per heavy atom. The van der Waals surface area contributed by atoms with Crippen molar-refractivity contribution in [2.75, 3.05) is 19.6 Å². The summed E-state index contributed by atoms with van der Waals surface area (Å²) in [7, 11) is 0. The summed E-state index contributed by atoms with van der Waals surface area (Å²) >= 11 is 0. The van der Waals surface area contributed by atoms with Gasteiger partial charge in [-0.05, 0) is 87.2 Å². The molecule has 150 valence electrons. The lowest BCUT2D eigenvalue weighted by molar-refractivity contribution is -0.159. The van der Waals surface area contributed by atoms with Gasteiger partial charge in [0.25, 0.3) is 5.91 Å². The minimum atomic E-state index is -0.0554. The zero-order valence-corrected chi connectivity index (χ0v) is 16.6. The Labute approximate surface area is 167 Å². The number of carbonyl (C=O) groups is 2. The molecule has 1 aromatic rings. The number of aromatic nitrogens is 1. The normalized spacial score (nSPS) is 34.4. The van der Waals surface area contributed by atoms with Gasteiger partial charge in [-0.1, -0.05) is 0 Å². The molecule has 0 unspecified atom stereocenters. The number of likely N-dealkylation sites (tertiary alicyclic amines) is 1. The van der Waals surface area contributed by atoms with E-state index >= 15 is 0 Å². The molecule has 4 bridgehead atoms. The summed E-state index contributed by atoms with van der Waals surface area (Å²) in [6, 6.07) is 3.57. The zero-order chi connectivity index (χ0) is 19.1. The van der Waals surface area contributed by atoms with Crippen molar-refractivity contribution in [3.63, 3.8) is 0 Å². The van der Waals surface area contributed by atoms with E-state index in [0.717, 1.165) is 62.9 Å². The molecule has 2 heterocycles. The van der Waals surface area contributed by atoms with Crippen molar-refractivity contribution in [1.82, 2.24) is 15.2 Å². The molecule has 4 aliphatic carbocycles. The Balaban J connectivity index is 1.13. The summed E-state index contributed by atoms with van der Waals surface area (Å²) in [5, 5.41) is 3.04. The van der Waals surface area contributed by atoms with Crippen molar-refractivity contribution in [3.8, 4) is 0 Å². The first kappa shape index (κ1) is 18.1. The van der Waals surface area contributed by atoms with E-state index in [9.17, 15) is 9.59 Å². The van der Waals surface area contributed by atoms with Gasteiger partial charge >= 0.3 is 0 Å². The standard InChI is InChI=1S/C23H31N3O2/c27-21(20-2-1-5-24-15-20)25-14-16-3-6-26(7-4-16)22(28)23-11-17-8-18(12-23)10-19(9-17)13-23/h1-2,5,15-19H,3-4,6-14H2,(H,25,27). The van der Waals surface area contributed by atoms with Crippen LogP contribution in [0.25, 0.3) is 0 Å². The lowest BCUT2D eigenvalue weighted by atomic mass is 9.49. The van der Waals surface area contributed by atoms with E-state index in [1.54, 1.807) is 24.5 Å². The van der Waals surface area contributed by atoms with Crippen molar-refractivity contribution in [3.05, 3.63) is 30.1 Å². The third-order valence-corrected chi connectivity index (χ3v) is 7.87. The van der Waals surface area contributed by atoms with Crippen LogP contribution in [0.2, 0.25) is 0 Å². The number of piperidine rings is 1. The van der Waals surface area contributed by atoms with Gasteiger partial charge in [0.2, 0.25) is 5.91 Å². The summed E-state index contributed by atoms with van der Waals surface area (Å²) in [6.07, 6.45) is 12.9. The predicted octanol–water partition coefficient (Wildman–Crippen LogP) is 3.27. The average molecular weight is 382 g/mol. The predicted molar refractivity (Wildman–Crippen MR) is 106 cm³/mol. The van der Waals surface area contributed by atoms with E-state index < -0.39 is 0 Å². The van der Waals surface area contributed by atoms with Gasteiger partial charge in [0, 0.05) is 32.0 Å². The maximum absolute atomic E-state index is 13.5. The number of pyridine rings is 1. The molecule has 1 N–H and O–H groups in total. The highest BCUT2D eigenvalue weighted by Gasteiger charge is 2.55. The van der Waals surface area contributed by atoms with Gasteiger partial charge in [0.15, 0.2) is 0 Å². The first-order chi connectivity index (χ1) is 13.6. The molecule has 0 spiro atoms. The molecule has 5 heteroatoms. The van der Waals surface area contributed by atoms with E-state index in [4.69, 9.17) is 0 Å². The van der Waals surface area contributed by atoms with Gasteiger partial charge in [0.1, 0.15) is 0 Å². The first-order valence-electron chi connectivity index (χ1n) is 11.1. The number of carbonyl (C=O) groups excluding carboxylic acids is 2. The first-order valence-corrected chi connectivity index (χ1v) is 11.1. The molecule has 4 saturated carbocycles. The highest BCUT2D eigenvalue weighted by atomic mass is 16.2. The molecule has 5 aliphatic rings.